The fourth-order valence-electron chi connectivity index (χ4n) is 4.03. The number of aryl methyl sites for hydroxylation is 2. The van der Waals surface area contributed by atoms with Crippen LogP contribution < -0.4 is 4.74 Å². The number of likely N-dealkylation sites (tertiary alicyclic amines) is 1. The first kappa shape index (κ1) is 22.6. The molecular formula is C25H30N2O4. The molecule has 0 saturated carbocycles. The highest BCUT2D eigenvalue weighted by Crippen LogP contribution is 2.40. The van der Waals surface area contributed by atoms with Gasteiger partial charge in [0.2, 0.25) is 0 Å². The van der Waals surface area contributed by atoms with E-state index in [1.54, 1.807) is 30.2 Å². The number of carbonyl (C=O) groups is 2. The second-order valence-electron chi connectivity index (χ2n) is 8.24. The fourth-order valence-corrected chi connectivity index (χ4v) is 4.03. The van der Waals surface area contributed by atoms with Crippen molar-refractivity contribution >= 4 is 17.4 Å². The van der Waals surface area contributed by atoms with Crippen molar-refractivity contribution in [1.29, 1.82) is 0 Å². The van der Waals surface area contributed by atoms with Gasteiger partial charge in [0.25, 0.3) is 11.7 Å². The summed E-state index contributed by atoms with van der Waals surface area (Å²) in [5, 5.41) is 11.2. The Morgan fingerprint density at radius 2 is 1.87 bits per heavy atom. The first-order valence-electron chi connectivity index (χ1n) is 10.4. The van der Waals surface area contributed by atoms with E-state index < -0.39 is 17.7 Å². The van der Waals surface area contributed by atoms with Crippen LogP contribution in [-0.2, 0) is 9.59 Å². The summed E-state index contributed by atoms with van der Waals surface area (Å²) < 4.78 is 5.25. The summed E-state index contributed by atoms with van der Waals surface area (Å²) in [5.74, 6) is -0.712. The van der Waals surface area contributed by atoms with E-state index in [2.05, 4.69) is 0 Å². The SMILES string of the molecule is COc1ccc(/C(O)=C2/C(=O)C(=O)N(CCCN(C)C)C2c2cccc(C)c2)c(C)c1. The van der Waals surface area contributed by atoms with Gasteiger partial charge < -0.3 is 19.6 Å². The highest BCUT2D eigenvalue weighted by atomic mass is 16.5. The molecule has 1 unspecified atom stereocenters. The van der Waals surface area contributed by atoms with Gasteiger partial charge in [-0.1, -0.05) is 29.8 Å². The van der Waals surface area contributed by atoms with Gasteiger partial charge in [-0.15, -0.1) is 0 Å². The molecule has 2 aromatic carbocycles. The van der Waals surface area contributed by atoms with Crippen molar-refractivity contribution in [3.63, 3.8) is 0 Å². The van der Waals surface area contributed by atoms with Gasteiger partial charge in [0.15, 0.2) is 0 Å². The summed E-state index contributed by atoms with van der Waals surface area (Å²) in [6.07, 6.45) is 0.726. The fraction of sp³-hybridized carbons (Fsp3) is 0.360. The summed E-state index contributed by atoms with van der Waals surface area (Å²) in [7, 11) is 5.52. The lowest BCUT2D eigenvalue weighted by molar-refractivity contribution is -0.139. The molecule has 1 N–H and O–H groups in total. The Labute approximate surface area is 183 Å². The van der Waals surface area contributed by atoms with Crippen LogP contribution in [0.15, 0.2) is 48.0 Å². The van der Waals surface area contributed by atoms with Gasteiger partial charge in [-0.05, 0) is 70.2 Å². The molecule has 0 aromatic heterocycles. The van der Waals surface area contributed by atoms with Crippen LogP contribution in [0.4, 0.5) is 0 Å². The molecule has 164 valence electrons. The maximum atomic E-state index is 13.1. The molecule has 1 saturated heterocycles. The third-order valence-corrected chi connectivity index (χ3v) is 5.59. The first-order chi connectivity index (χ1) is 14.7. The molecule has 1 fully saturated rings. The highest BCUT2D eigenvalue weighted by molar-refractivity contribution is 6.46. The zero-order valence-corrected chi connectivity index (χ0v) is 18.8. The van der Waals surface area contributed by atoms with Gasteiger partial charge in [0, 0.05) is 12.1 Å². The van der Waals surface area contributed by atoms with Crippen molar-refractivity contribution in [2.24, 2.45) is 0 Å². The van der Waals surface area contributed by atoms with Crippen molar-refractivity contribution < 1.29 is 19.4 Å². The molecule has 1 aliphatic heterocycles. The van der Waals surface area contributed by atoms with E-state index in [1.165, 1.54) is 0 Å². The van der Waals surface area contributed by atoms with E-state index >= 15 is 0 Å². The zero-order valence-electron chi connectivity index (χ0n) is 18.8. The van der Waals surface area contributed by atoms with E-state index in [0.29, 0.717) is 17.9 Å². The lowest BCUT2D eigenvalue weighted by atomic mass is 9.93. The number of ketones is 1. The topological polar surface area (TPSA) is 70.1 Å². The summed E-state index contributed by atoms with van der Waals surface area (Å²) in [6, 6.07) is 12.4. The van der Waals surface area contributed by atoms with Crippen molar-refractivity contribution in [3.05, 3.63) is 70.3 Å². The number of ether oxygens (including phenoxy) is 1. The molecule has 3 rings (SSSR count). The maximum Gasteiger partial charge on any atom is 0.295 e. The van der Waals surface area contributed by atoms with E-state index in [4.69, 9.17) is 4.74 Å². The van der Waals surface area contributed by atoms with Crippen LogP contribution in [0.1, 0.15) is 34.7 Å². The number of aliphatic hydroxyl groups is 1. The van der Waals surface area contributed by atoms with E-state index in [0.717, 1.165) is 29.7 Å². The number of amides is 1. The number of aliphatic hydroxyl groups excluding tert-OH is 1. The zero-order chi connectivity index (χ0) is 22.7. The summed E-state index contributed by atoms with van der Waals surface area (Å²) in [5.41, 5.74) is 3.26. The summed E-state index contributed by atoms with van der Waals surface area (Å²) in [4.78, 5) is 29.7. The Kier molecular flexibility index (Phi) is 6.81. The van der Waals surface area contributed by atoms with Crippen LogP contribution in [0.2, 0.25) is 0 Å². The van der Waals surface area contributed by atoms with Crippen molar-refractivity contribution in [2.45, 2.75) is 26.3 Å². The molecule has 6 nitrogen and oxygen atoms in total. The molecule has 1 aliphatic rings. The Morgan fingerprint density at radius 1 is 1.13 bits per heavy atom. The lowest BCUT2D eigenvalue weighted by Gasteiger charge is -2.26. The van der Waals surface area contributed by atoms with Crippen LogP contribution in [-0.4, -0.2) is 60.9 Å². The third kappa shape index (κ3) is 4.64. The number of Topliss-reactive ketones (excluding diaryl/α,β-unsaturated/α-hetero) is 1. The van der Waals surface area contributed by atoms with E-state index in [9.17, 15) is 14.7 Å². The average molecular weight is 423 g/mol. The molecule has 6 heteroatoms. The predicted octanol–water partition coefficient (Wildman–Crippen LogP) is 3.69. The standard InChI is InChI=1S/C25H30N2O4/c1-16-8-6-9-18(14-16)22-21(23(28)20-11-10-19(31-5)15-17(20)2)24(29)25(30)27(22)13-7-12-26(3)4/h6,8-11,14-15,22,28H,7,12-13H2,1-5H3/b23-21-. The van der Waals surface area contributed by atoms with Crippen molar-refractivity contribution in [2.75, 3.05) is 34.3 Å². The molecule has 0 aliphatic carbocycles. The Hall–Kier alpha value is -3.12. The number of hydrogen-bond donors (Lipinski definition) is 1. The maximum absolute atomic E-state index is 13.1. The molecular weight excluding hydrogens is 392 g/mol. The Balaban J connectivity index is 2.12. The summed E-state index contributed by atoms with van der Waals surface area (Å²) >= 11 is 0. The molecule has 1 amide bonds. The molecule has 0 bridgehead atoms. The van der Waals surface area contributed by atoms with Crippen molar-refractivity contribution in [3.8, 4) is 5.75 Å². The first-order valence-corrected chi connectivity index (χ1v) is 10.4. The van der Waals surface area contributed by atoms with Gasteiger partial charge in [0.05, 0.1) is 18.7 Å². The van der Waals surface area contributed by atoms with Crippen LogP contribution >= 0.6 is 0 Å². The number of hydrogen-bond acceptors (Lipinski definition) is 5. The number of nitrogens with zero attached hydrogens (tertiary/aromatic N) is 2. The number of carbonyl (C=O) groups excluding carboxylic acids is 2. The summed E-state index contributed by atoms with van der Waals surface area (Å²) in [6.45, 7) is 5.03. The minimum absolute atomic E-state index is 0.133. The van der Waals surface area contributed by atoms with Crippen LogP contribution in [0.5, 0.6) is 5.75 Å². The van der Waals surface area contributed by atoms with Crippen LogP contribution in [0.3, 0.4) is 0 Å². The number of methoxy groups -OCH3 is 1. The molecule has 0 spiro atoms. The van der Waals surface area contributed by atoms with Crippen molar-refractivity contribution in [1.82, 2.24) is 9.80 Å². The smallest absolute Gasteiger partial charge is 0.295 e. The highest BCUT2D eigenvalue weighted by Gasteiger charge is 2.45. The van der Waals surface area contributed by atoms with Gasteiger partial charge in [0.1, 0.15) is 11.5 Å². The quantitative estimate of drug-likeness (QED) is 0.419. The van der Waals surface area contributed by atoms with Crippen LogP contribution in [0, 0.1) is 13.8 Å². The Morgan fingerprint density at radius 3 is 2.48 bits per heavy atom. The van der Waals surface area contributed by atoms with Gasteiger partial charge in [-0.3, -0.25) is 9.59 Å². The van der Waals surface area contributed by atoms with E-state index in [-0.39, 0.29) is 11.3 Å². The lowest BCUT2D eigenvalue weighted by Crippen LogP contribution is -2.32. The third-order valence-electron chi connectivity index (χ3n) is 5.59. The van der Waals surface area contributed by atoms with Crippen LogP contribution in [0.25, 0.3) is 5.76 Å². The monoisotopic (exact) mass is 422 g/mol. The van der Waals surface area contributed by atoms with Gasteiger partial charge in [-0.25, -0.2) is 0 Å². The van der Waals surface area contributed by atoms with Gasteiger partial charge in [-0.2, -0.15) is 0 Å². The minimum Gasteiger partial charge on any atom is -0.507 e. The number of rotatable bonds is 7. The molecule has 1 heterocycles. The Bertz CT molecular complexity index is 1030. The second kappa shape index (κ2) is 9.35. The molecule has 0 radical (unpaired) electrons. The normalized spacial score (nSPS) is 18.1. The van der Waals surface area contributed by atoms with E-state index in [1.807, 2.05) is 57.1 Å². The average Bonchev–Trinajstić information content (AvgIpc) is 2.98. The molecule has 31 heavy (non-hydrogen) atoms. The van der Waals surface area contributed by atoms with Gasteiger partial charge >= 0.3 is 0 Å². The molecule has 1 atom stereocenters. The largest absolute Gasteiger partial charge is 0.507 e. The molecule has 2 aromatic rings. The predicted molar refractivity (Wildman–Crippen MR) is 121 cm³/mol. The number of benzene rings is 2. The minimum atomic E-state index is -0.649. The second-order valence-corrected chi connectivity index (χ2v) is 8.24.